The van der Waals surface area contributed by atoms with Crippen molar-refractivity contribution in [2.24, 2.45) is 0 Å². The summed E-state index contributed by atoms with van der Waals surface area (Å²) in [5.41, 5.74) is -1.07. The molecule has 0 aliphatic heterocycles. The highest BCUT2D eigenvalue weighted by atomic mass is 35.5. The summed E-state index contributed by atoms with van der Waals surface area (Å²) >= 11 is 5.52. The molecule has 1 rings (SSSR count). The molecule has 0 unspecified atom stereocenters. The van der Waals surface area contributed by atoms with Crippen LogP contribution in [0.1, 0.15) is 5.56 Å². The van der Waals surface area contributed by atoms with E-state index in [1.807, 2.05) is 0 Å². The number of nitro benzene ring substituents is 1. The van der Waals surface area contributed by atoms with E-state index in [0.717, 1.165) is 12.1 Å². The van der Waals surface area contributed by atoms with Crippen molar-refractivity contribution in [2.75, 3.05) is 0 Å². The molecule has 0 atom stereocenters. The summed E-state index contributed by atoms with van der Waals surface area (Å²) in [6.07, 6.45) is 0. The van der Waals surface area contributed by atoms with Gasteiger partial charge in [-0.15, -0.1) is 0 Å². The van der Waals surface area contributed by atoms with Crippen LogP contribution in [0.2, 0.25) is 5.02 Å². The van der Waals surface area contributed by atoms with Crippen molar-refractivity contribution in [1.82, 2.24) is 0 Å². The number of nitriles is 1. The molecule has 8 heteroatoms. The highest BCUT2D eigenvalue weighted by Crippen LogP contribution is 2.34. The van der Waals surface area contributed by atoms with Crippen molar-refractivity contribution in [3.63, 3.8) is 0 Å². The van der Waals surface area contributed by atoms with Gasteiger partial charge in [-0.2, -0.15) is 14.0 Å². The Hall–Kier alpha value is -1.94. The first-order valence-corrected chi connectivity index (χ1v) is 4.17. The number of nitrogens with zero attached hydrogens (tertiary/aromatic N) is 2. The maximum absolute atomic E-state index is 11.9. The SMILES string of the molecule is N#Cc1c([N+](=O)[O-])ccc(OC(F)F)c1Cl. The number of hydrogen-bond donors (Lipinski definition) is 0. The Labute approximate surface area is 93.0 Å². The Morgan fingerprint density at radius 2 is 2.19 bits per heavy atom. The summed E-state index contributed by atoms with van der Waals surface area (Å²) in [4.78, 5) is 9.64. The van der Waals surface area contributed by atoms with Gasteiger partial charge in [-0.1, -0.05) is 11.6 Å². The number of halogens is 3. The number of ether oxygens (including phenoxy) is 1. The fourth-order valence-electron chi connectivity index (χ4n) is 0.992. The van der Waals surface area contributed by atoms with Crippen LogP contribution in [-0.4, -0.2) is 11.5 Å². The first-order chi connectivity index (χ1) is 7.47. The Kier molecular flexibility index (Phi) is 3.58. The molecule has 0 saturated heterocycles. The van der Waals surface area contributed by atoms with Gasteiger partial charge >= 0.3 is 6.61 Å². The van der Waals surface area contributed by atoms with Crippen LogP contribution in [0.15, 0.2) is 12.1 Å². The first-order valence-electron chi connectivity index (χ1n) is 3.79. The van der Waals surface area contributed by atoms with Crippen molar-refractivity contribution < 1.29 is 18.4 Å². The smallest absolute Gasteiger partial charge is 0.387 e. The molecular formula is C8H3ClF2N2O3. The zero-order valence-electron chi connectivity index (χ0n) is 7.49. The molecule has 16 heavy (non-hydrogen) atoms. The normalized spacial score (nSPS) is 9.94. The van der Waals surface area contributed by atoms with Crippen LogP contribution in [0.5, 0.6) is 5.75 Å². The third-order valence-corrected chi connectivity index (χ3v) is 1.98. The topological polar surface area (TPSA) is 76.2 Å². The monoisotopic (exact) mass is 248 g/mol. The van der Waals surface area contributed by atoms with Crippen LogP contribution in [-0.2, 0) is 0 Å². The molecule has 0 bridgehead atoms. The van der Waals surface area contributed by atoms with Gasteiger partial charge in [0.05, 0.1) is 4.92 Å². The van der Waals surface area contributed by atoms with Crippen molar-refractivity contribution in [3.05, 3.63) is 32.8 Å². The predicted octanol–water partition coefficient (Wildman–Crippen LogP) is 2.72. The molecule has 0 fully saturated rings. The Balaban J connectivity index is 3.30. The molecule has 0 N–H and O–H groups in total. The molecule has 0 amide bonds. The van der Waals surface area contributed by atoms with Gasteiger partial charge in [0.1, 0.15) is 16.8 Å². The van der Waals surface area contributed by atoms with Gasteiger partial charge in [-0.3, -0.25) is 10.1 Å². The number of rotatable bonds is 3. The molecule has 0 aliphatic rings. The molecule has 1 aromatic carbocycles. The number of nitro groups is 1. The van der Waals surface area contributed by atoms with E-state index in [4.69, 9.17) is 16.9 Å². The lowest BCUT2D eigenvalue weighted by Gasteiger charge is -2.07. The average molecular weight is 249 g/mol. The minimum Gasteiger partial charge on any atom is -0.433 e. The van der Waals surface area contributed by atoms with Crippen molar-refractivity contribution in [3.8, 4) is 11.8 Å². The second-order valence-corrected chi connectivity index (χ2v) is 2.90. The van der Waals surface area contributed by atoms with Crippen LogP contribution in [0.3, 0.4) is 0 Å². The summed E-state index contributed by atoms with van der Waals surface area (Å²) in [6.45, 7) is -3.12. The molecule has 0 radical (unpaired) electrons. The van der Waals surface area contributed by atoms with Crippen molar-refractivity contribution >= 4 is 17.3 Å². The molecule has 5 nitrogen and oxygen atoms in total. The van der Waals surface area contributed by atoms with E-state index < -0.39 is 33.6 Å². The summed E-state index contributed by atoms with van der Waals surface area (Å²) in [6, 6.07) is 3.25. The Morgan fingerprint density at radius 1 is 1.56 bits per heavy atom. The van der Waals surface area contributed by atoms with Crippen LogP contribution in [0, 0.1) is 21.4 Å². The van der Waals surface area contributed by atoms with E-state index in [1.165, 1.54) is 6.07 Å². The van der Waals surface area contributed by atoms with Gasteiger partial charge in [-0.05, 0) is 6.07 Å². The van der Waals surface area contributed by atoms with Crippen LogP contribution >= 0.6 is 11.6 Å². The van der Waals surface area contributed by atoms with Crippen molar-refractivity contribution in [1.29, 1.82) is 5.26 Å². The number of benzene rings is 1. The summed E-state index contributed by atoms with van der Waals surface area (Å²) in [5, 5.41) is 18.6. The summed E-state index contributed by atoms with van der Waals surface area (Å²) < 4.78 is 27.8. The van der Waals surface area contributed by atoms with Crippen LogP contribution in [0.4, 0.5) is 14.5 Å². The van der Waals surface area contributed by atoms with E-state index >= 15 is 0 Å². The lowest BCUT2D eigenvalue weighted by atomic mass is 10.2. The molecule has 0 spiro atoms. The maximum Gasteiger partial charge on any atom is 0.387 e. The second kappa shape index (κ2) is 4.72. The van der Waals surface area contributed by atoms with Gasteiger partial charge < -0.3 is 4.74 Å². The maximum atomic E-state index is 11.9. The van der Waals surface area contributed by atoms with Gasteiger partial charge in [0.15, 0.2) is 5.56 Å². The molecule has 0 heterocycles. The molecule has 1 aromatic rings. The fourth-order valence-corrected chi connectivity index (χ4v) is 1.24. The van der Waals surface area contributed by atoms with E-state index in [-0.39, 0.29) is 0 Å². The second-order valence-electron chi connectivity index (χ2n) is 2.52. The van der Waals surface area contributed by atoms with E-state index in [0.29, 0.717) is 0 Å². The quantitative estimate of drug-likeness (QED) is 0.609. The minimum atomic E-state index is -3.12. The molecule has 84 valence electrons. The number of hydrogen-bond acceptors (Lipinski definition) is 4. The van der Waals surface area contributed by atoms with Gasteiger partial charge in [0.2, 0.25) is 0 Å². The number of alkyl halides is 2. The first kappa shape index (κ1) is 12.1. The van der Waals surface area contributed by atoms with Crippen LogP contribution < -0.4 is 4.74 Å². The third-order valence-electron chi connectivity index (χ3n) is 1.61. The standard InChI is InChI=1S/C8H3ClF2N2O3/c9-7-4(3-12)5(13(14)15)1-2-6(7)16-8(10)11/h1-2,8H. The van der Waals surface area contributed by atoms with E-state index in [1.54, 1.807) is 0 Å². The summed E-state index contributed by atoms with van der Waals surface area (Å²) in [7, 11) is 0. The molecular weight excluding hydrogens is 246 g/mol. The van der Waals surface area contributed by atoms with Gasteiger partial charge in [0, 0.05) is 6.07 Å². The lowest BCUT2D eigenvalue weighted by molar-refractivity contribution is -0.385. The highest BCUT2D eigenvalue weighted by Gasteiger charge is 2.21. The minimum absolute atomic E-state index is 0.473. The lowest BCUT2D eigenvalue weighted by Crippen LogP contribution is -2.03. The van der Waals surface area contributed by atoms with Crippen LogP contribution in [0.25, 0.3) is 0 Å². The van der Waals surface area contributed by atoms with E-state index in [9.17, 15) is 18.9 Å². The highest BCUT2D eigenvalue weighted by molar-refractivity contribution is 6.33. The Morgan fingerprint density at radius 3 is 2.62 bits per heavy atom. The summed E-state index contributed by atoms with van der Waals surface area (Å²) in [5.74, 6) is -0.473. The largest absolute Gasteiger partial charge is 0.433 e. The zero-order chi connectivity index (χ0) is 12.3. The fraction of sp³-hybridized carbons (Fsp3) is 0.125. The third kappa shape index (κ3) is 2.35. The predicted molar refractivity (Wildman–Crippen MR) is 49.5 cm³/mol. The molecule has 0 aromatic heterocycles. The Bertz CT molecular complexity index is 473. The van der Waals surface area contributed by atoms with E-state index in [2.05, 4.69) is 4.74 Å². The van der Waals surface area contributed by atoms with Gasteiger partial charge in [0.25, 0.3) is 5.69 Å². The van der Waals surface area contributed by atoms with Crippen molar-refractivity contribution in [2.45, 2.75) is 6.61 Å². The molecule has 0 saturated carbocycles. The average Bonchev–Trinajstić information content (AvgIpc) is 2.19. The van der Waals surface area contributed by atoms with Gasteiger partial charge in [-0.25, -0.2) is 0 Å². The molecule has 0 aliphatic carbocycles. The zero-order valence-corrected chi connectivity index (χ0v) is 8.24.